The van der Waals surface area contributed by atoms with Gasteiger partial charge in [0, 0.05) is 19.1 Å². The van der Waals surface area contributed by atoms with Gasteiger partial charge in [-0.25, -0.2) is 4.79 Å². The number of nitrogens with zero attached hydrogens (tertiary/aromatic N) is 2. The number of hydrogen-bond acceptors (Lipinski definition) is 4. The predicted molar refractivity (Wildman–Crippen MR) is 79.5 cm³/mol. The minimum atomic E-state index is -0.175. The summed E-state index contributed by atoms with van der Waals surface area (Å²) in [5.41, 5.74) is 0. The molecule has 114 valence electrons. The number of benzene rings is 1. The molecule has 2 heterocycles. The third kappa shape index (κ3) is 3.67. The number of carbonyl (C=O) groups is 1. The maximum atomic E-state index is 11.4. The summed E-state index contributed by atoms with van der Waals surface area (Å²) in [6, 6.07) is 10.4. The highest BCUT2D eigenvalue weighted by Crippen LogP contribution is 2.19. The lowest BCUT2D eigenvalue weighted by Crippen LogP contribution is -2.40. The lowest BCUT2D eigenvalue weighted by molar-refractivity contribution is 0.142. The fraction of sp³-hybridized carbons (Fsp3) is 0.562. The first kappa shape index (κ1) is 14.2. The van der Waals surface area contributed by atoms with E-state index < -0.39 is 0 Å². The van der Waals surface area contributed by atoms with Gasteiger partial charge in [-0.3, -0.25) is 4.90 Å². The van der Waals surface area contributed by atoms with Crippen LogP contribution < -0.4 is 4.74 Å². The van der Waals surface area contributed by atoms with Gasteiger partial charge in [-0.2, -0.15) is 0 Å². The second-order valence-corrected chi connectivity index (χ2v) is 5.56. The lowest BCUT2D eigenvalue weighted by atomic mass is 10.2. The van der Waals surface area contributed by atoms with Crippen molar-refractivity contribution in [3.63, 3.8) is 0 Å². The number of cyclic esters (lactones) is 1. The third-order valence-corrected chi connectivity index (χ3v) is 4.19. The molecule has 0 saturated carbocycles. The van der Waals surface area contributed by atoms with Crippen LogP contribution in [0.5, 0.6) is 5.75 Å². The summed E-state index contributed by atoms with van der Waals surface area (Å²) in [5, 5.41) is 0. The topological polar surface area (TPSA) is 42.0 Å². The molecule has 0 aliphatic carbocycles. The number of rotatable bonds is 6. The molecule has 2 saturated heterocycles. The Morgan fingerprint density at radius 3 is 2.81 bits per heavy atom. The standard InChI is InChI=1S/C16H22N2O3/c19-16-18(11-12-20-16)10-9-17-8-4-5-14(17)13-21-15-6-2-1-3-7-15/h1-3,6-7,14H,4-5,8-13H2/t14-/m0/s1. The predicted octanol–water partition coefficient (Wildman–Crippen LogP) is 1.98. The van der Waals surface area contributed by atoms with Gasteiger partial charge in [0.15, 0.2) is 0 Å². The van der Waals surface area contributed by atoms with Gasteiger partial charge in [0.05, 0.1) is 6.54 Å². The molecule has 0 N–H and O–H groups in total. The van der Waals surface area contributed by atoms with E-state index in [2.05, 4.69) is 4.90 Å². The van der Waals surface area contributed by atoms with Crippen LogP contribution in [0.4, 0.5) is 4.79 Å². The molecule has 1 atom stereocenters. The molecule has 21 heavy (non-hydrogen) atoms. The molecule has 5 heteroatoms. The average Bonchev–Trinajstić information content (AvgIpc) is 3.13. The molecule has 0 unspecified atom stereocenters. The average molecular weight is 290 g/mol. The number of hydrogen-bond donors (Lipinski definition) is 0. The fourth-order valence-electron chi connectivity index (χ4n) is 2.97. The largest absolute Gasteiger partial charge is 0.492 e. The Hall–Kier alpha value is -1.75. The van der Waals surface area contributed by atoms with Gasteiger partial charge in [-0.05, 0) is 31.5 Å². The van der Waals surface area contributed by atoms with Crippen LogP contribution in [0.2, 0.25) is 0 Å². The third-order valence-electron chi connectivity index (χ3n) is 4.19. The molecule has 2 aliphatic heterocycles. The number of ether oxygens (including phenoxy) is 2. The van der Waals surface area contributed by atoms with E-state index in [1.54, 1.807) is 4.90 Å². The quantitative estimate of drug-likeness (QED) is 0.803. The van der Waals surface area contributed by atoms with E-state index in [-0.39, 0.29) is 6.09 Å². The Morgan fingerprint density at radius 1 is 1.19 bits per heavy atom. The zero-order valence-corrected chi connectivity index (χ0v) is 12.2. The van der Waals surface area contributed by atoms with Crippen LogP contribution in [0.25, 0.3) is 0 Å². The van der Waals surface area contributed by atoms with Gasteiger partial charge < -0.3 is 14.4 Å². The number of carbonyl (C=O) groups excluding carboxylic acids is 1. The van der Waals surface area contributed by atoms with E-state index in [0.29, 0.717) is 19.3 Å². The van der Waals surface area contributed by atoms with Crippen molar-refractivity contribution in [3.8, 4) is 5.75 Å². The van der Waals surface area contributed by atoms with Crippen molar-refractivity contribution in [2.24, 2.45) is 0 Å². The molecule has 0 radical (unpaired) electrons. The first-order chi connectivity index (χ1) is 10.3. The highest BCUT2D eigenvalue weighted by atomic mass is 16.6. The fourth-order valence-corrected chi connectivity index (χ4v) is 2.97. The van der Waals surface area contributed by atoms with Crippen molar-refractivity contribution in [2.75, 3.05) is 39.4 Å². The van der Waals surface area contributed by atoms with Crippen molar-refractivity contribution < 1.29 is 14.3 Å². The van der Waals surface area contributed by atoms with Crippen LogP contribution in [0.1, 0.15) is 12.8 Å². The van der Waals surface area contributed by atoms with E-state index in [4.69, 9.17) is 9.47 Å². The molecule has 2 fully saturated rings. The van der Waals surface area contributed by atoms with Gasteiger partial charge in [-0.1, -0.05) is 18.2 Å². The van der Waals surface area contributed by atoms with Crippen molar-refractivity contribution in [3.05, 3.63) is 30.3 Å². The van der Waals surface area contributed by atoms with Gasteiger partial charge in [0.2, 0.25) is 0 Å². The van der Waals surface area contributed by atoms with E-state index in [9.17, 15) is 4.79 Å². The second-order valence-electron chi connectivity index (χ2n) is 5.56. The SMILES string of the molecule is O=C1OCCN1CCN1CCC[C@H]1COc1ccccc1. The molecule has 1 aromatic rings. The van der Waals surface area contributed by atoms with Crippen LogP contribution in [-0.4, -0.2) is 61.3 Å². The maximum Gasteiger partial charge on any atom is 0.409 e. The van der Waals surface area contributed by atoms with Crippen LogP contribution >= 0.6 is 0 Å². The van der Waals surface area contributed by atoms with Gasteiger partial charge >= 0.3 is 6.09 Å². The second kappa shape index (κ2) is 6.80. The molecule has 2 aliphatic rings. The molecule has 0 spiro atoms. The molecule has 1 aromatic carbocycles. The van der Waals surface area contributed by atoms with Crippen molar-refractivity contribution in [2.45, 2.75) is 18.9 Å². The minimum Gasteiger partial charge on any atom is -0.492 e. The van der Waals surface area contributed by atoms with Gasteiger partial charge in [-0.15, -0.1) is 0 Å². The van der Waals surface area contributed by atoms with E-state index in [0.717, 1.165) is 38.3 Å². The Labute approximate surface area is 125 Å². The first-order valence-corrected chi connectivity index (χ1v) is 7.66. The van der Waals surface area contributed by atoms with Gasteiger partial charge in [0.25, 0.3) is 0 Å². The Kier molecular flexibility index (Phi) is 4.60. The maximum absolute atomic E-state index is 11.4. The number of para-hydroxylation sites is 1. The molecular weight excluding hydrogens is 268 g/mol. The Morgan fingerprint density at radius 2 is 2.05 bits per heavy atom. The zero-order chi connectivity index (χ0) is 14.5. The zero-order valence-electron chi connectivity index (χ0n) is 12.2. The van der Waals surface area contributed by atoms with Crippen LogP contribution in [0, 0.1) is 0 Å². The normalized spacial score (nSPS) is 22.6. The van der Waals surface area contributed by atoms with Crippen LogP contribution in [0.15, 0.2) is 30.3 Å². The molecule has 5 nitrogen and oxygen atoms in total. The Bertz CT molecular complexity index is 466. The highest BCUT2D eigenvalue weighted by molar-refractivity contribution is 5.69. The van der Waals surface area contributed by atoms with Crippen LogP contribution in [-0.2, 0) is 4.74 Å². The summed E-state index contributed by atoms with van der Waals surface area (Å²) < 4.78 is 10.8. The number of likely N-dealkylation sites (tertiary alicyclic amines) is 1. The highest BCUT2D eigenvalue weighted by Gasteiger charge is 2.27. The smallest absolute Gasteiger partial charge is 0.409 e. The summed E-state index contributed by atoms with van der Waals surface area (Å²) in [6.07, 6.45) is 2.19. The molecule has 0 bridgehead atoms. The Balaban J connectivity index is 1.45. The molecule has 3 rings (SSSR count). The minimum absolute atomic E-state index is 0.175. The van der Waals surface area contributed by atoms with Crippen molar-refractivity contribution >= 4 is 6.09 Å². The first-order valence-electron chi connectivity index (χ1n) is 7.66. The lowest BCUT2D eigenvalue weighted by Gasteiger charge is -2.26. The summed E-state index contributed by atoms with van der Waals surface area (Å²) in [5.74, 6) is 0.924. The summed E-state index contributed by atoms with van der Waals surface area (Å²) in [4.78, 5) is 15.6. The van der Waals surface area contributed by atoms with E-state index >= 15 is 0 Å². The van der Waals surface area contributed by atoms with Gasteiger partial charge in [0.1, 0.15) is 19.0 Å². The number of amides is 1. The molecular formula is C16H22N2O3. The van der Waals surface area contributed by atoms with Crippen molar-refractivity contribution in [1.82, 2.24) is 9.80 Å². The van der Waals surface area contributed by atoms with Crippen LogP contribution in [0.3, 0.4) is 0 Å². The van der Waals surface area contributed by atoms with E-state index in [1.807, 2.05) is 30.3 Å². The van der Waals surface area contributed by atoms with E-state index in [1.165, 1.54) is 6.42 Å². The monoisotopic (exact) mass is 290 g/mol. The molecule has 1 amide bonds. The van der Waals surface area contributed by atoms with Crippen molar-refractivity contribution in [1.29, 1.82) is 0 Å². The molecule has 0 aromatic heterocycles. The summed E-state index contributed by atoms with van der Waals surface area (Å²) in [6.45, 7) is 4.70. The summed E-state index contributed by atoms with van der Waals surface area (Å²) in [7, 11) is 0. The summed E-state index contributed by atoms with van der Waals surface area (Å²) >= 11 is 0.